The molecule has 0 N–H and O–H groups in total. The van der Waals surface area contributed by atoms with Gasteiger partial charge in [0.1, 0.15) is 0 Å². The number of halogens is 3. The van der Waals surface area contributed by atoms with Crippen molar-refractivity contribution in [1.29, 1.82) is 0 Å². The molecule has 1 fully saturated rings. The lowest BCUT2D eigenvalue weighted by Gasteiger charge is -2.23. The maximum atomic E-state index is 11.8. The van der Waals surface area contributed by atoms with E-state index in [0.29, 0.717) is 12.3 Å². The van der Waals surface area contributed by atoms with E-state index in [-0.39, 0.29) is 13.0 Å². The van der Waals surface area contributed by atoms with Gasteiger partial charge in [0, 0.05) is 0 Å². The zero-order valence-corrected chi connectivity index (χ0v) is 14.2. The molecule has 8 heteroatoms. The predicted molar refractivity (Wildman–Crippen MR) is 81.3 cm³/mol. The molecule has 0 amide bonds. The number of phosphoric acid groups is 1. The first-order valence-electron chi connectivity index (χ1n) is 8.07. The highest BCUT2D eigenvalue weighted by molar-refractivity contribution is 7.45. The number of alkyl halides is 3. The van der Waals surface area contributed by atoms with Gasteiger partial charge in [0.25, 0.3) is 7.82 Å². The van der Waals surface area contributed by atoms with Gasteiger partial charge in [-0.1, -0.05) is 43.5 Å². The summed E-state index contributed by atoms with van der Waals surface area (Å²) in [6, 6.07) is 8.12. The van der Waals surface area contributed by atoms with E-state index in [1.54, 1.807) is 0 Å². The Balaban J connectivity index is 1.73. The molecule has 1 aliphatic rings. The Labute approximate surface area is 139 Å². The second-order valence-electron chi connectivity index (χ2n) is 6.00. The fourth-order valence-electron chi connectivity index (χ4n) is 3.00. The van der Waals surface area contributed by atoms with E-state index in [1.807, 2.05) is 12.1 Å². The first kappa shape index (κ1) is 19.4. The standard InChI is InChI=1S/C16H22F3O4P/c17-16(18,19)23-24(20,21)22-12-4-5-13-8-10-15(11-9-13)14-6-2-1-3-7-14/h8-11,14H,1-7,12H2,(H,20,21)/p-1. The van der Waals surface area contributed by atoms with Crippen LogP contribution in [0.25, 0.3) is 0 Å². The summed E-state index contributed by atoms with van der Waals surface area (Å²) in [5.41, 5.74) is 2.31. The first-order chi connectivity index (χ1) is 11.3. The molecule has 136 valence electrons. The summed E-state index contributed by atoms with van der Waals surface area (Å²) >= 11 is 0. The number of hydrogen-bond acceptors (Lipinski definition) is 4. The van der Waals surface area contributed by atoms with Crippen molar-refractivity contribution in [3.05, 3.63) is 35.4 Å². The molecule has 2 rings (SSSR count). The van der Waals surface area contributed by atoms with Crippen molar-refractivity contribution in [2.45, 2.75) is 57.2 Å². The molecule has 1 unspecified atom stereocenters. The number of phosphoric ester groups is 1. The summed E-state index contributed by atoms with van der Waals surface area (Å²) in [6.07, 6.45) is 1.81. The van der Waals surface area contributed by atoms with Crippen LogP contribution in [0, 0.1) is 0 Å². The van der Waals surface area contributed by atoms with Crippen LogP contribution in [0.4, 0.5) is 13.2 Å². The van der Waals surface area contributed by atoms with E-state index in [9.17, 15) is 22.6 Å². The Morgan fingerprint density at radius 3 is 2.33 bits per heavy atom. The van der Waals surface area contributed by atoms with Crippen LogP contribution in [0.3, 0.4) is 0 Å². The third-order valence-corrected chi connectivity index (χ3v) is 5.06. The zero-order chi connectivity index (χ0) is 17.6. The van der Waals surface area contributed by atoms with Crippen LogP contribution in [0.5, 0.6) is 0 Å². The molecule has 1 saturated carbocycles. The minimum absolute atomic E-state index is 0.288. The minimum atomic E-state index is -5.34. The lowest BCUT2D eigenvalue weighted by atomic mass is 9.84. The van der Waals surface area contributed by atoms with Crippen LogP contribution in [-0.4, -0.2) is 13.0 Å². The number of aryl methyl sites for hydroxylation is 1. The zero-order valence-electron chi connectivity index (χ0n) is 13.3. The molecule has 1 aromatic carbocycles. The van der Waals surface area contributed by atoms with E-state index in [4.69, 9.17) is 0 Å². The third kappa shape index (κ3) is 6.93. The largest absolute Gasteiger partial charge is 0.756 e. The van der Waals surface area contributed by atoms with Crippen molar-refractivity contribution in [3.8, 4) is 0 Å². The monoisotopic (exact) mass is 365 g/mol. The Bertz CT molecular complexity index is 553. The van der Waals surface area contributed by atoms with Gasteiger partial charge in [0.15, 0.2) is 0 Å². The second-order valence-corrected chi connectivity index (χ2v) is 7.33. The van der Waals surface area contributed by atoms with Gasteiger partial charge in [-0.15, -0.1) is 13.2 Å². The van der Waals surface area contributed by atoms with Crippen LogP contribution >= 0.6 is 7.82 Å². The molecule has 0 heterocycles. The molecular weight excluding hydrogens is 344 g/mol. The molecule has 0 saturated heterocycles. The summed E-state index contributed by atoms with van der Waals surface area (Å²) in [6.45, 7) is -0.346. The molecule has 0 spiro atoms. The van der Waals surface area contributed by atoms with Crippen molar-refractivity contribution in [3.63, 3.8) is 0 Å². The summed E-state index contributed by atoms with van der Waals surface area (Å²) in [7, 11) is -5.34. The van der Waals surface area contributed by atoms with Gasteiger partial charge in [-0.25, -0.2) is 4.52 Å². The number of benzene rings is 1. The van der Waals surface area contributed by atoms with Gasteiger partial charge in [0.2, 0.25) is 0 Å². The Morgan fingerprint density at radius 1 is 1.12 bits per heavy atom. The van der Waals surface area contributed by atoms with Crippen LogP contribution < -0.4 is 4.89 Å². The van der Waals surface area contributed by atoms with Crippen LogP contribution in [-0.2, 0) is 20.0 Å². The molecule has 1 aromatic rings. The molecule has 1 aliphatic carbocycles. The van der Waals surface area contributed by atoms with Gasteiger partial charge in [0.05, 0.1) is 6.61 Å². The smallest absolute Gasteiger partial charge is 0.528 e. The average Bonchev–Trinajstić information content (AvgIpc) is 2.51. The van der Waals surface area contributed by atoms with Crippen molar-refractivity contribution in [2.75, 3.05) is 6.61 Å². The molecular formula is C16H21F3O4P-. The maximum absolute atomic E-state index is 11.8. The SMILES string of the molecule is O=P([O-])(OCCCc1ccc(C2CCCCC2)cc1)OC(F)(F)F. The van der Waals surface area contributed by atoms with Crippen LogP contribution in [0.15, 0.2) is 24.3 Å². The van der Waals surface area contributed by atoms with E-state index in [2.05, 4.69) is 21.2 Å². The highest BCUT2D eigenvalue weighted by Crippen LogP contribution is 2.44. The molecule has 0 bridgehead atoms. The lowest BCUT2D eigenvalue weighted by molar-refractivity contribution is -0.322. The number of hydrogen-bond donors (Lipinski definition) is 0. The van der Waals surface area contributed by atoms with Crippen LogP contribution in [0.2, 0.25) is 0 Å². The second kappa shape index (κ2) is 8.48. The fraction of sp³-hybridized carbons (Fsp3) is 0.625. The summed E-state index contributed by atoms with van der Waals surface area (Å²) in [5, 5.41) is 0. The highest BCUT2D eigenvalue weighted by Gasteiger charge is 2.35. The van der Waals surface area contributed by atoms with Gasteiger partial charge in [-0.3, -0.25) is 4.57 Å². The third-order valence-electron chi connectivity index (χ3n) is 4.13. The fourth-order valence-corrected chi connectivity index (χ4v) is 3.66. The topological polar surface area (TPSA) is 58.6 Å². The van der Waals surface area contributed by atoms with Crippen LogP contribution in [0.1, 0.15) is 55.6 Å². The Hall–Kier alpha value is -0.880. The van der Waals surface area contributed by atoms with Crippen molar-refractivity contribution < 1.29 is 31.7 Å². The molecule has 1 atom stereocenters. The highest BCUT2D eigenvalue weighted by atomic mass is 31.2. The first-order valence-corrected chi connectivity index (χ1v) is 9.53. The molecule has 4 nitrogen and oxygen atoms in total. The van der Waals surface area contributed by atoms with E-state index < -0.39 is 14.2 Å². The predicted octanol–water partition coefficient (Wildman–Crippen LogP) is 4.69. The molecule has 0 radical (unpaired) electrons. The lowest BCUT2D eigenvalue weighted by Crippen LogP contribution is -2.19. The number of rotatable bonds is 7. The van der Waals surface area contributed by atoms with Gasteiger partial charge < -0.3 is 9.42 Å². The van der Waals surface area contributed by atoms with E-state index in [0.717, 1.165) is 5.56 Å². The Morgan fingerprint density at radius 2 is 1.75 bits per heavy atom. The van der Waals surface area contributed by atoms with Gasteiger partial charge in [-0.05, 0) is 42.7 Å². The average molecular weight is 365 g/mol. The molecule has 0 aliphatic heterocycles. The van der Waals surface area contributed by atoms with Gasteiger partial charge in [-0.2, -0.15) is 0 Å². The van der Waals surface area contributed by atoms with Gasteiger partial charge >= 0.3 is 6.36 Å². The maximum Gasteiger partial charge on any atom is 0.528 e. The van der Waals surface area contributed by atoms with E-state index in [1.165, 1.54) is 37.7 Å². The Kier molecular flexibility index (Phi) is 6.87. The van der Waals surface area contributed by atoms with Crippen molar-refractivity contribution in [2.24, 2.45) is 0 Å². The van der Waals surface area contributed by atoms with Crippen molar-refractivity contribution in [1.82, 2.24) is 0 Å². The quantitative estimate of drug-likeness (QED) is 0.520. The normalized spacial score (nSPS) is 19.2. The molecule has 24 heavy (non-hydrogen) atoms. The molecule has 0 aromatic heterocycles. The summed E-state index contributed by atoms with van der Waals surface area (Å²) < 4.78 is 53.6. The summed E-state index contributed by atoms with van der Waals surface area (Å²) in [5.74, 6) is 0.613. The van der Waals surface area contributed by atoms with E-state index >= 15 is 0 Å². The summed E-state index contributed by atoms with van der Waals surface area (Å²) in [4.78, 5) is 10.9. The minimum Gasteiger partial charge on any atom is -0.756 e. The van der Waals surface area contributed by atoms with Crippen molar-refractivity contribution >= 4 is 7.82 Å².